The van der Waals surface area contributed by atoms with Crippen LogP contribution in [0.25, 0.3) is 21.3 Å². The van der Waals surface area contributed by atoms with E-state index < -0.39 is 0 Å². The van der Waals surface area contributed by atoms with Crippen LogP contribution in [-0.2, 0) is 4.74 Å². The molecule has 0 saturated carbocycles. The van der Waals surface area contributed by atoms with Crippen LogP contribution in [0, 0.1) is 0 Å². The molecule has 2 heterocycles. The highest BCUT2D eigenvalue weighted by Gasteiger charge is 2.16. The van der Waals surface area contributed by atoms with Crippen molar-refractivity contribution in [3.05, 3.63) is 59.7 Å². The van der Waals surface area contributed by atoms with Crippen molar-refractivity contribution < 1.29 is 19.0 Å². The minimum absolute atomic E-state index is 0.185. The Morgan fingerprint density at radius 1 is 1.03 bits per heavy atom. The summed E-state index contributed by atoms with van der Waals surface area (Å²) in [7, 11) is 3.22. The fourth-order valence-corrected chi connectivity index (χ4v) is 4.24. The Hall–Kier alpha value is -3.65. The summed E-state index contributed by atoms with van der Waals surface area (Å²) in [6.07, 6.45) is 1.34. The molecule has 0 atom stereocenters. The quantitative estimate of drug-likeness (QED) is 0.363. The van der Waals surface area contributed by atoms with Crippen molar-refractivity contribution in [1.29, 1.82) is 0 Å². The number of thiophene rings is 1. The summed E-state index contributed by atoms with van der Waals surface area (Å²) in [5.74, 6) is 1.59. The van der Waals surface area contributed by atoms with Gasteiger partial charge in [0.2, 0.25) is 0 Å². The van der Waals surface area contributed by atoms with Crippen LogP contribution in [0.4, 0.5) is 11.5 Å². The maximum absolute atomic E-state index is 12.3. The van der Waals surface area contributed by atoms with Gasteiger partial charge in [0.15, 0.2) is 11.5 Å². The van der Waals surface area contributed by atoms with E-state index in [4.69, 9.17) is 14.2 Å². The predicted molar refractivity (Wildman–Crippen MR) is 126 cm³/mol. The van der Waals surface area contributed by atoms with E-state index in [0.29, 0.717) is 22.9 Å². The fourth-order valence-electron chi connectivity index (χ4n) is 3.33. The summed E-state index contributed by atoms with van der Waals surface area (Å²) < 4.78 is 16.1. The normalized spacial score (nSPS) is 10.9. The summed E-state index contributed by atoms with van der Waals surface area (Å²) in [5.41, 5.74) is 3.14. The first-order chi connectivity index (χ1) is 15.5. The van der Waals surface area contributed by atoms with E-state index in [-0.39, 0.29) is 12.1 Å². The second-order valence-electron chi connectivity index (χ2n) is 7.28. The van der Waals surface area contributed by atoms with Gasteiger partial charge in [-0.1, -0.05) is 12.1 Å². The van der Waals surface area contributed by atoms with Crippen molar-refractivity contribution in [2.24, 2.45) is 0 Å². The minimum atomic E-state index is -0.363. The van der Waals surface area contributed by atoms with E-state index in [9.17, 15) is 4.79 Å². The Morgan fingerprint density at radius 2 is 1.84 bits per heavy atom. The Morgan fingerprint density at radius 3 is 2.59 bits per heavy atom. The molecule has 0 fully saturated rings. The van der Waals surface area contributed by atoms with Crippen molar-refractivity contribution >= 4 is 39.0 Å². The Bertz CT molecular complexity index is 1270. The van der Waals surface area contributed by atoms with Crippen molar-refractivity contribution in [2.75, 3.05) is 19.5 Å². The van der Waals surface area contributed by atoms with Gasteiger partial charge in [-0.3, -0.25) is 0 Å². The maximum Gasteiger partial charge on any atom is 0.338 e. The van der Waals surface area contributed by atoms with Gasteiger partial charge < -0.3 is 19.5 Å². The molecule has 0 unspecified atom stereocenters. The second kappa shape index (κ2) is 9.23. The molecule has 0 aliphatic rings. The highest BCUT2D eigenvalue weighted by molar-refractivity contribution is 7.17. The van der Waals surface area contributed by atoms with Gasteiger partial charge >= 0.3 is 5.97 Å². The first-order valence-electron chi connectivity index (χ1n) is 10.0. The Kier molecular flexibility index (Phi) is 6.23. The first-order valence-corrected chi connectivity index (χ1v) is 10.9. The van der Waals surface area contributed by atoms with E-state index in [1.165, 1.54) is 17.7 Å². The molecule has 2 aromatic carbocycles. The monoisotopic (exact) mass is 449 g/mol. The maximum atomic E-state index is 12.3. The average molecular weight is 450 g/mol. The van der Waals surface area contributed by atoms with Crippen molar-refractivity contribution in [3.63, 3.8) is 0 Å². The molecule has 1 N–H and O–H groups in total. The lowest BCUT2D eigenvalue weighted by Crippen LogP contribution is -2.11. The lowest BCUT2D eigenvalue weighted by atomic mass is 10.1. The number of aromatic nitrogens is 2. The van der Waals surface area contributed by atoms with E-state index in [1.807, 2.05) is 43.5 Å². The van der Waals surface area contributed by atoms with Crippen molar-refractivity contribution in [3.8, 4) is 22.6 Å². The highest BCUT2D eigenvalue weighted by atomic mass is 32.1. The Balaban J connectivity index is 1.73. The summed E-state index contributed by atoms with van der Waals surface area (Å²) >= 11 is 1.53. The minimum Gasteiger partial charge on any atom is -0.493 e. The lowest BCUT2D eigenvalue weighted by molar-refractivity contribution is 0.0378. The molecule has 8 heteroatoms. The van der Waals surface area contributed by atoms with Crippen LogP contribution in [0.5, 0.6) is 11.5 Å². The number of benzene rings is 2. The lowest BCUT2D eigenvalue weighted by Gasteiger charge is -2.12. The number of hydrogen-bond acceptors (Lipinski definition) is 8. The number of fused-ring (bicyclic) bond motifs is 1. The number of hydrogen-bond donors (Lipinski definition) is 1. The molecule has 4 rings (SSSR count). The number of esters is 1. The van der Waals surface area contributed by atoms with Crippen LogP contribution in [0.15, 0.2) is 54.2 Å². The average Bonchev–Trinajstić information content (AvgIpc) is 3.23. The number of nitrogens with one attached hydrogen (secondary N) is 1. The van der Waals surface area contributed by atoms with Crippen LogP contribution in [0.2, 0.25) is 0 Å². The predicted octanol–water partition coefficient (Wildman–Crippen LogP) is 5.68. The van der Waals surface area contributed by atoms with Gasteiger partial charge in [-0.25, -0.2) is 14.8 Å². The van der Waals surface area contributed by atoms with Crippen LogP contribution in [0.1, 0.15) is 24.2 Å². The van der Waals surface area contributed by atoms with Crippen LogP contribution in [-0.4, -0.2) is 36.3 Å². The smallest absolute Gasteiger partial charge is 0.338 e. The molecule has 0 bridgehead atoms. The number of ether oxygens (including phenoxy) is 3. The standard InChI is InChI=1S/C24H23N3O4S/c1-14(2)31-24(28)16-6-5-7-17(10-16)27-22-21-18(12-32-23(21)26-13-25-22)15-8-9-19(29-3)20(11-15)30-4/h5-14H,1-4H3,(H,25,26,27). The van der Waals surface area contributed by atoms with Crippen LogP contribution >= 0.6 is 11.3 Å². The topological polar surface area (TPSA) is 82.6 Å². The van der Waals surface area contributed by atoms with Gasteiger partial charge in [0.1, 0.15) is 17.0 Å². The van der Waals surface area contributed by atoms with E-state index in [0.717, 1.165) is 27.0 Å². The number of anilines is 2. The van der Waals surface area contributed by atoms with Gasteiger partial charge in [-0.05, 0) is 49.7 Å². The van der Waals surface area contributed by atoms with Crippen LogP contribution < -0.4 is 14.8 Å². The SMILES string of the molecule is COc1ccc(-c2csc3ncnc(Nc4cccc(C(=O)OC(C)C)c4)c23)cc1OC. The molecule has 7 nitrogen and oxygen atoms in total. The summed E-state index contributed by atoms with van der Waals surface area (Å²) in [6, 6.07) is 12.9. The van der Waals surface area contributed by atoms with E-state index in [1.54, 1.807) is 32.4 Å². The summed E-state index contributed by atoms with van der Waals surface area (Å²) in [6.45, 7) is 3.65. The zero-order valence-corrected chi connectivity index (χ0v) is 19.0. The van der Waals surface area contributed by atoms with Gasteiger partial charge in [-0.2, -0.15) is 0 Å². The molecule has 0 aliphatic heterocycles. The first kappa shape index (κ1) is 21.6. The molecule has 32 heavy (non-hydrogen) atoms. The highest BCUT2D eigenvalue weighted by Crippen LogP contribution is 2.40. The zero-order valence-electron chi connectivity index (χ0n) is 18.2. The number of carbonyl (C=O) groups excluding carboxylic acids is 1. The van der Waals surface area contributed by atoms with E-state index in [2.05, 4.69) is 15.3 Å². The fraction of sp³-hybridized carbons (Fsp3) is 0.208. The third-order valence-corrected chi connectivity index (χ3v) is 5.65. The second-order valence-corrected chi connectivity index (χ2v) is 8.14. The van der Waals surface area contributed by atoms with Crippen LogP contribution in [0.3, 0.4) is 0 Å². The molecule has 0 saturated heterocycles. The third kappa shape index (κ3) is 4.36. The van der Waals surface area contributed by atoms with Crippen molar-refractivity contribution in [1.82, 2.24) is 9.97 Å². The molecule has 0 radical (unpaired) electrons. The molecule has 0 aliphatic carbocycles. The third-order valence-electron chi connectivity index (χ3n) is 4.77. The number of methoxy groups -OCH3 is 2. The number of rotatable bonds is 7. The number of nitrogens with zero attached hydrogens (tertiary/aromatic N) is 2. The molecule has 2 aromatic heterocycles. The largest absolute Gasteiger partial charge is 0.493 e. The molecule has 0 spiro atoms. The number of carbonyl (C=O) groups is 1. The summed E-state index contributed by atoms with van der Waals surface area (Å²) in [4.78, 5) is 22.0. The Labute approximate surface area is 190 Å². The molecular weight excluding hydrogens is 426 g/mol. The molecule has 164 valence electrons. The summed E-state index contributed by atoms with van der Waals surface area (Å²) in [5, 5.41) is 6.27. The molecule has 4 aromatic rings. The van der Waals surface area contributed by atoms with Crippen molar-refractivity contribution in [2.45, 2.75) is 20.0 Å². The van der Waals surface area contributed by atoms with Gasteiger partial charge in [-0.15, -0.1) is 11.3 Å². The van der Waals surface area contributed by atoms with E-state index >= 15 is 0 Å². The molecular formula is C24H23N3O4S. The van der Waals surface area contributed by atoms with Gasteiger partial charge in [0.05, 0.1) is 31.3 Å². The zero-order chi connectivity index (χ0) is 22.7. The van der Waals surface area contributed by atoms with Gasteiger partial charge in [0.25, 0.3) is 0 Å². The molecule has 0 amide bonds. The van der Waals surface area contributed by atoms with Gasteiger partial charge in [0, 0.05) is 16.6 Å².